The maximum Gasteiger partial charge on any atom is 0.341 e. The minimum Gasteiger partial charge on any atom is -0.462 e. The van der Waals surface area contributed by atoms with Crippen LogP contribution in [-0.4, -0.2) is 52.7 Å². The van der Waals surface area contributed by atoms with E-state index in [2.05, 4.69) is 15.5 Å². The fourth-order valence-electron chi connectivity index (χ4n) is 2.87. The number of ether oxygens (including phenoxy) is 2. The summed E-state index contributed by atoms with van der Waals surface area (Å²) in [7, 11) is 1.65. The summed E-state index contributed by atoms with van der Waals surface area (Å²) in [6.07, 6.45) is 0.754. The Labute approximate surface area is 199 Å². The van der Waals surface area contributed by atoms with Gasteiger partial charge in [0.2, 0.25) is 5.91 Å². The Morgan fingerprint density at radius 1 is 1.25 bits per heavy atom. The van der Waals surface area contributed by atoms with Gasteiger partial charge in [-0.1, -0.05) is 35.5 Å². The Morgan fingerprint density at radius 2 is 2.06 bits per heavy atom. The van der Waals surface area contributed by atoms with E-state index < -0.39 is 5.97 Å². The zero-order valence-electron chi connectivity index (χ0n) is 17.7. The van der Waals surface area contributed by atoms with E-state index >= 15 is 0 Å². The highest BCUT2D eigenvalue weighted by Crippen LogP contribution is 2.30. The molecule has 11 heteroatoms. The van der Waals surface area contributed by atoms with Crippen LogP contribution in [0, 0.1) is 0 Å². The molecule has 32 heavy (non-hydrogen) atoms. The van der Waals surface area contributed by atoms with Gasteiger partial charge in [0.15, 0.2) is 11.0 Å². The van der Waals surface area contributed by atoms with Crippen molar-refractivity contribution in [2.75, 3.05) is 31.4 Å². The van der Waals surface area contributed by atoms with Crippen LogP contribution in [-0.2, 0) is 20.8 Å². The van der Waals surface area contributed by atoms with Crippen LogP contribution in [0.5, 0.6) is 0 Å². The van der Waals surface area contributed by atoms with Crippen LogP contribution in [0.15, 0.2) is 40.9 Å². The molecule has 1 amide bonds. The molecule has 0 bridgehead atoms. The summed E-state index contributed by atoms with van der Waals surface area (Å²) in [5.41, 5.74) is 1.12. The lowest BCUT2D eigenvalue weighted by molar-refractivity contribution is -0.113. The Balaban J connectivity index is 1.72. The number of hydrogen-bond acceptors (Lipinski definition) is 8. The highest BCUT2D eigenvalue weighted by atomic mass is 35.5. The third-order valence-electron chi connectivity index (χ3n) is 4.31. The number of hydrogen-bond donors (Lipinski definition) is 1. The predicted molar refractivity (Wildman–Crippen MR) is 127 cm³/mol. The van der Waals surface area contributed by atoms with Gasteiger partial charge in [-0.15, -0.1) is 21.5 Å². The molecule has 1 aromatic carbocycles. The van der Waals surface area contributed by atoms with E-state index in [1.165, 1.54) is 23.1 Å². The van der Waals surface area contributed by atoms with E-state index in [1.54, 1.807) is 31.5 Å². The van der Waals surface area contributed by atoms with Crippen LogP contribution in [0.25, 0.3) is 11.4 Å². The van der Waals surface area contributed by atoms with Crippen molar-refractivity contribution in [2.45, 2.75) is 25.0 Å². The highest BCUT2D eigenvalue weighted by molar-refractivity contribution is 7.99. The van der Waals surface area contributed by atoms with E-state index in [9.17, 15) is 9.59 Å². The van der Waals surface area contributed by atoms with E-state index in [1.807, 2.05) is 22.8 Å². The maximum atomic E-state index is 12.5. The van der Waals surface area contributed by atoms with Gasteiger partial charge in [-0.25, -0.2) is 4.79 Å². The van der Waals surface area contributed by atoms with Gasteiger partial charge in [-0.2, -0.15) is 0 Å². The fourth-order valence-corrected chi connectivity index (χ4v) is 4.65. The highest BCUT2D eigenvalue weighted by Gasteiger charge is 2.19. The topological polar surface area (TPSA) is 95.3 Å². The number of thiophene rings is 1. The number of thioether (sulfide) groups is 1. The van der Waals surface area contributed by atoms with Crippen molar-refractivity contribution in [1.82, 2.24) is 14.8 Å². The largest absolute Gasteiger partial charge is 0.462 e. The van der Waals surface area contributed by atoms with Crippen molar-refractivity contribution in [2.24, 2.45) is 0 Å². The molecule has 3 rings (SSSR count). The normalized spacial score (nSPS) is 10.8. The number of nitrogens with zero attached hydrogens (tertiary/aromatic N) is 3. The molecule has 0 radical (unpaired) electrons. The third kappa shape index (κ3) is 6.10. The molecule has 0 aliphatic rings. The quantitative estimate of drug-likeness (QED) is 0.236. The van der Waals surface area contributed by atoms with Crippen LogP contribution in [0.4, 0.5) is 5.00 Å². The van der Waals surface area contributed by atoms with Gasteiger partial charge in [0, 0.05) is 25.8 Å². The summed E-state index contributed by atoms with van der Waals surface area (Å²) in [4.78, 5) is 24.6. The average Bonchev–Trinajstić information content (AvgIpc) is 3.40. The Morgan fingerprint density at radius 3 is 2.81 bits per heavy atom. The molecule has 170 valence electrons. The minimum absolute atomic E-state index is 0.102. The van der Waals surface area contributed by atoms with Gasteiger partial charge in [0.05, 0.1) is 22.9 Å². The minimum atomic E-state index is -0.459. The molecule has 0 aliphatic carbocycles. The fraction of sp³-hybridized carbons (Fsp3) is 0.333. The number of amides is 1. The summed E-state index contributed by atoms with van der Waals surface area (Å²) < 4.78 is 12.1. The Kier molecular flexibility index (Phi) is 9.10. The summed E-state index contributed by atoms with van der Waals surface area (Å²) in [5.74, 6) is 0.0237. The summed E-state index contributed by atoms with van der Waals surface area (Å²) in [5, 5.41) is 14.7. The molecule has 0 atom stereocenters. The van der Waals surface area contributed by atoms with Crippen LogP contribution < -0.4 is 5.32 Å². The van der Waals surface area contributed by atoms with Crippen LogP contribution in [0.3, 0.4) is 0 Å². The van der Waals surface area contributed by atoms with Crippen molar-refractivity contribution < 1.29 is 19.1 Å². The molecule has 0 saturated carbocycles. The number of benzene rings is 1. The summed E-state index contributed by atoms with van der Waals surface area (Å²) in [6.45, 7) is 3.20. The van der Waals surface area contributed by atoms with Crippen LogP contribution >= 0.6 is 34.7 Å². The molecule has 0 fully saturated rings. The van der Waals surface area contributed by atoms with Crippen LogP contribution in [0.2, 0.25) is 5.02 Å². The number of methoxy groups -OCH3 is 1. The van der Waals surface area contributed by atoms with Gasteiger partial charge in [-0.3, -0.25) is 4.79 Å². The SMILES string of the molecule is CCOC(=O)c1ccsc1NC(=O)CSc1nnc(-c2ccccc2Cl)n1CCCOC. The molecular formula is C21H23ClN4O4S2. The van der Waals surface area contributed by atoms with Crippen molar-refractivity contribution in [3.05, 3.63) is 46.3 Å². The smallest absolute Gasteiger partial charge is 0.341 e. The lowest BCUT2D eigenvalue weighted by Crippen LogP contribution is -2.16. The molecule has 2 heterocycles. The molecule has 0 unspecified atom stereocenters. The first-order valence-corrected chi connectivity index (χ1v) is 12.1. The number of carbonyl (C=O) groups is 2. The first-order valence-electron chi connectivity index (χ1n) is 9.89. The van der Waals surface area contributed by atoms with Gasteiger partial charge in [0.25, 0.3) is 0 Å². The number of rotatable bonds is 11. The van der Waals surface area contributed by atoms with E-state index in [-0.39, 0.29) is 18.3 Å². The van der Waals surface area contributed by atoms with Crippen molar-refractivity contribution >= 4 is 51.6 Å². The van der Waals surface area contributed by atoms with Gasteiger partial charge in [0.1, 0.15) is 5.00 Å². The molecule has 2 aromatic heterocycles. The lowest BCUT2D eigenvalue weighted by Gasteiger charge is -2.11. The van der Waals surface area contributed by atoms with Crippen molar-refractivity contribution in [3.8, 4) is 11.4 Å². The summed E-state index contributed by atoms with van der Waals surface area (Å²) >= 11 is 8.89. The predicted octanol–water partition coefficient (Wildman–Crippen LogP) is 4.60. The lowest BCUT2D eigenvalue weighted by atomic mass is 10.2. The van der Waals surface area contributed by atoms with E-state index in [0.29, 0.717) is 39.7 Å². The van der Waals surface area contributed by atoms with Gasteiger partial charge < -0.3 is 19.4 Å². The molecule has 1 N–H and O–H groups in total. The Hall–Kier alpha value is -2.40. The van der Waals surface area contributed by atoms with E-state index in [0.717, 1.165) is 12.0 Å². The second-order valence-electron chi connectivity index (χ2n) is 6.50. The number of anilines is 1. The summed E-state index contributed by atoms with van der Waals surface area (Å²) in [6, 6.07) is 9.06. The molecular weight excluding hydrogens is 472 g/mol. The number of aromatic nitrogens is 3. The number of esters is 1. The molecule has 8 nitrogen and oxygen atoms in total. The van der Waals surface area contributed by atoms with Gasteiger partial charge >= 0.3 is 5.97 Å². The molecule has 0 saturated heterocycles. The monoisotopic (exact) mass is 494 g/mol. The zero-order valence-corrected chi connectivity index (χ0v) is 20.1. The first kappa shape index (κ1) is 24.2. The molecule has 0 aliphatic heterocycles. The standard InChI is InChI=1S/C21H23ClN4O4S2/c1-3-30-20(28)15-9-12-31-19(15)23-17(27)13-32-21-25-24-18(26(21)10-6-11-29-2)14-7-4-5-8-16(14)22/h4-5,7-9,12H,3,6,10-11,13H2,1-2H3,(H,23,27). The van der Waals surface area contributed by atoms with Gasteiger partial charge in [-0.05, 0) is 36.9 Å². The van der Waals surface area contributed by atoms with Crippen molar-refractivity contribution in [1.29, 1.82) is 0 Å². The second kappa shape index (κ2) is 12.0. The third-order valence-corrected chi connectivity index (χ3v) is 6.43. The zero-order chi connectivity index (χ0) is 22.9. The molecule has 0 spiro atoms. The van der Waals surface area contributed by atoms with Crippen LogP contribution in [0.1, 0.15) is 23.7 Å². The average molecular weight is 495 g/mol. The number of nitrogens with one attached hydrogen (secondary N) is 1. The van der Waals surface area contributed by atoms with Crippen molar-refractivity contribution in [3.63, 3.8) is 0 Å². The number of halogens is 1. The maximum absolute atomic E-state index is 12.5. The Bertz CT molecular complexity index is 1070. The number of carbonyl (C=O) groups excluding carboxylic acids is 2. The molecule has 3 aromatic rings. The second-order valence-corrected chi connectivity index (χ2v) is 8.77. The first-order chi connectivity index (χ1) is 15.5. The van der Waals surface area contributed by atoms with E-state index in [4.69, 9.17) is 21.1 Å².